The number of nitrogens with one attached hydrogen (secondary N) is 1. The molecule has 20 heavy (non-hydrogen) atoms. The van der Waals surface area contributed by atoms with Crippen molar-refractivity contribution >= 4 is 17.3 Å². The molecule has 0 heterocycles. The second-order valence-electron chi connectivity index (χ2n) is 4.45. The van der Waals surface area contributed by atoms with E-state index in [1.54, 1.807) is 48.5 Å². The minimum absolute atomic E-state index is 0.169. The highest BCUT2D eigenvalue weighted by atomic mass is 16.5. The summed E-state index contributed by atoms with van der Waals surface area (Å²) in [4.78, 5) is 12.1. The molecule has 4 nitrogen and oxygen atoms in total. The Bertz CT molecular complexity index is 579. The van der Waals surface area contributed by atoms with Crippen LogP contribution < -0.4 is 15.8 Å². The van der Waals surface area contributed by atoms with Gasteiger partial charge in [0.05, 0.1) is 6.61 Å². The van der Waals surface area contributed by atoms with E-state index in [9.17, 15) is 4.79 Å². The lowest BCUT2D eigenvalue weighted by molar-refractivity contribution is 0.102. The molecule has 2 aromatic carbocycles. The third-order valence-electron chi connectivity index (χ3n) is 2.73. The van der Waals surface area contributed by atoms with Crippen molar-refractivity contribution in [3.8, 4) is 5.75 Å². The van der Waals surface area contributed by atoms with Gasteiger partial charge in [0.25, 0.3) is 5.91 Å². The average molecular weight is 270 g/mol. The third-order valence-corrected chi connectivity index (χ3v) is 2.73. The van der Waals surface area contributed by atoms with Crippen molar-refractivity contribution in [2.45, 2.75) is 13.3 Å². The molecule has 0 aliphatic heterocycles. The second kappa shape index (κ2) is 6.61. The summed E-state index contributed by atoms with van der Waals surface area (Å²) in [5, 5.41) is 2.80. The van der Waals surface area contributed by atoms with Gasteiger partial charge < -0.3 is 15.8 Å². The predicted molar refractivity (Wildman–Crippen MR) is 81.0 cm³/mol. The largest absolute Gasteiger partial charge is 0.494 e. The van der Waals surface area contributed by atoms with Gasteiger partial charge in [0.15, 0.2) is 0 Å². The van der Waals surface area contributed by atoms with Crippen molar-refractivity contribution in [2.75, 3.05) is 17.7 Å². The SMILES string of the molecule is CCCOc1ccc(C(=O)Nc2cccc(N)c2)cc1. The first-order valence-electron chi connectivity index (χ1n) is 6.59. The van der Waals surface area contributed by atoms with E-state index in [0.29, 0.717) is 23.5 Å². The highest BCUT2D eigenvalue weighted by Crippen LogP contribution is 2.16. The van der Waals surface area contributed by atoms with E-state index in [-0.39, 0.29) is 5.91 Å². The number of rotatable bonds is 5. The molecule has 0 saturated carbocycles. The molecular formula is C16H18N2O2. The molecule has 3 N–H and O–H groups in total. The molecule has 0 fully saturated rings. The Morgan fingerprint density at radius 1 is 1.20 bits per heavy atom. The molecule has 2 aromatic rings. The summed E-state index contributed by atoms with van der Waals surface area (Å²) in [7, 11) is 0. The van der Waals surface area contributed by atoms with Gasteiger partial charge in [-0.3, -0.25) is 4.79 Å². The van der Waals surface area contributed by atoms with Crippen LogP contribution in [0, 0.1) is 0 Å². The molecule has 0 bridgehead atoms. The fourth-order valence-electron chi connectivity index (χ4n) is 1.74. The van der Waals surface area contributed by atoms with Crippen LogP contribution in [0.1, 0.15) is 23.7 Å². The molecule has 4 heteroatoms. The Hall–Kier alpha value is -2.49. The molecule has 0 unspecified atom stereocenters. The van der Waals surface area contributed by atoms with Crippen molar-refractivity contribution in [2.24, 2.45) is 0 Å². The average Bonchev–Trinajstić information content (AvgIpc) is 2.45. The van der Waals surface area contributed by atoms with Crippen LogP contribution in [-0.2, 0) is 0 Å². The van der Waals surface area contributed by atoms with Crippen LogP contribution in [-0.4, -0.2) is 12.5 Å². The molecular weight excluding hydrogens is 252 g/mol. The lowest BCUT2D eigenvalue weighted by Crippen LogP contribution is -2.11. The Labute approximate surface area is 118 Å². The normalized spacial score (nSPS) is 10.1. The Morgan fingerprint density at radius 3 is 2.60 bits per heavy atom. The van der Waals surface area contributed by atoms with Crippen LogP contribution in [0.3, 0.4) is 0 Å². The maximum atomic E-state index is 12.1. The first-order chi connectivity index (χ1) is 9.69. The van der Waals surface area contributed by atoms with Crippen LogP contribution in [0.15, 0.2) is 48.5 Å². The first-order valence-corrected chi connectivity index (χ1v) is 6.59. The molecule has 0 saturated heterocycles. The zero-order valence-corrected chi connectivity index (χ0v) is 11.4. The van der Waals surface area contributed by atoms with Crippen molar-refractivity contribution < 1.29 is 9.53 Å². The summed E-state index contributed by atoms with van der Waals surface area (Å²) in [6.45, 7) is 2.72. The highest BCUT2D eigenvalue weighted by Gasteiger charge is 2.06. The highest BCUT2D eigenvalue weighted by molar-refractivity contribution is 6.04. The van der Waals surface area contributed by atoms with E-state index >= 15 is 0 Å². The number of hydrogen-bond donors (Lipinski definition) is 2. The molecule has 2 rings (SSSR count). The van der Waals surface area contributed by atoms with Gasteiger partial charge in [-0.25, -0.2) is 0 Å². The molecule has 104 valence electrons. The smallest absolute Gasteiger partial charge is 0.255 e. The number of amides is 1. The number of nitrogen functional groups attached to an aromatic ring is 1. The van der Waals surface area contributed by atoms with Gasteiger partial charge in [-0.2, -0.15) is 0 Å². The fraction of sp³-hybridized carbons (Fsp3) is 0.188. The summed E-state index contributed by atoms with van der Waals surface area (Å²) >= 11 is 0. The van der Waals surface area contributed by atoms with Gasteiger partial charge >= 0.3 is 0 Å². The monoisotopic (exact) mass is 270 g/mol. The molecule has 1 amide bonds. The van der Waals surface area contributed by atoms with Crippen LogP contribution in [0.2, 0.25) is 0 Å². The number of hydrogen-bond acceptors (Lipinski definition) is 3. The predicted octanol–water partition coefficient (Wildman–Crippen LogP) is 3.31. The van der Waals surface area contributed by atoms with Crippen molar-refractivity contribution in [3.05, 3.63) is 54.1 Å². The number of ether oxygens (including phenoxy) is 1. The minimum atomic E-state index is -0.169. The number of benzene rings is 2. The van der Waals surface area contributed by atoms with E-state index in [4.69, 9.17) is 10.5 Å². The van der Waals surface area contributed by atoms with Crippen LogP contribution >= 0.6 is 0 Å². The summed E-state index contributed by atoms with van der Waals surface area (Å²) in [6.07, 6.45) is 0.956. The van der Waals surface area contributed by atoms with Gasteiger partial charge in [0.2, 0.25) is 0 Å². The molecule has 0 spiro atoms. The second-order valence-corrected chi connectivity index (χ2v) is 4.45. The van der Waals surface area contributed by atoms with E-state index in [2.05, 4.69) is 5.32 Å². The van der Waals surface area contributed by atoms with Crippen LogP contribution in [0.25, 0.3) is 0 Å². The summed E-state index contributed by atoms with van der Waals surface area (Å²) < 4.78 is 5.48. The third kappa shape index (κ3) is 3.75. The lowest BCUT2D eigenvalue weighted by atomic mass is 10.2. The maximum absolute atomic E-state index is 12.1. The molecule has 0 aliphatic rings. The van der Waals surface area contributed by atoms with Crippen LogP contribution in [0.4, 0.5) is 11.4 Å². The summed E-state index contributed by atoms with van der Waals surface area (Å²) in [5.74, 6) is 0.602. The zero-order chi connectivity index (χ0) is 14.4. The molecule has 0 atom stereocenters. The van der Waals surface area contributed by atoms with Gasteiger partial charge in [-0.05, 0) is 48.9 Å². The van der Waals surface area contributed by atoms with E-state index in [1.165, 1.54) is 0 Å². The van der Waals surface area contributed by atoms with Gasteiger partial charge in [0, 0.05) is 16.9 Å². The van der Waals surface area contributed by atoms with Crippen molar-refractivity contribution in [3.63, 3.8) is 0 Å². The topological polar surface area (TPSA) is 64.3 Å². The van der Waals surface area contributed by atoms with E-state index in [1.807, 2.05) is 6.92 Å². The van der Waals surface area contributed by atoms with Gasteiger partial charge in [0.1, 0.15) is 5.75 Å². The van der Waals surface area contributed by atoms with Crippen LogP contribution in [0.5, 0.6) is 5.75 Å². The molecule has 0 aliphatic carbocycles. The molecule has 0 aromatic heterocycles. The standard InChI is InChI=1S/C16H18N2O2/c1-2-10-20-15-8-6-12(7-9-15)16(19)18-14-5-3-4-13(17)11-14/h3-9,11H,2,10,17H2,1H3,(H,18,19). The van der Waals surface area contributed by atoms with Crippen molar-refractivity contribution in [1.82, 2.24) is 0 Å². The van der Waals surface area contributed by atoms with Gasteiger partial charge in [-0.1, -0.05) is 13.0 Å². The Kier molecular flexibility index (Phi) is 4.60. The van der Waals surface area contributed by atoms with Gasteiger partial charge in [-0.15, -0.1) is 0 Å². The zero-order valence-electron chi connectivity index (χ0n) is 11.4. The number of anilines is 2. The van der Waals surface area contributed by atoms with Crippen molar-refractivity contribution in [1.29, 1.82) is 0 Å². The lowest BCUT2D eigenvalue weighted by Gasteiger charge is -2.07. The Balaban J connectivity index is 2.02. The maximum Gasteiger partial charge on any atom is 0.255 e. The minimum Gasteiger partial charge on any atom is -0.494 e. The summed E-state index contributed by atoms with van der Waals surface area (Å²) in [5.41, 5.74) is 7.55. The number of carbonyl (C=O) groups excluding carboxylic acids is 1. The number of nitrogens with two attached hydrogens (primary N) is 1. The first kappa shape index (κ1) is 13.9. The number of carbonyl (C=O) groups is 1. The van der Waals surface area contributed by atoms with E-state index in [0.717, 1.165) is 12.2 Å². The fourth-order valence-corrected chi connectivity index (χ4v) is 1.74. The van der Waals surface area contributed by atoms with E-state index < -0.39 is 0 Å². The quantitative estimate of drug-likeness (QED) is 0.819. The molecule has 0 radical (unpaired) electrons. The Morgan fingerprint density at radius 2 is 1.95 bits per heavy atom. The summed E-state index contributed by atoms with van der Waals surface area (Å²) in [6, 6.07) is 14.2.